The van der Waals surface area contributed by atoms with Crippen molar-refractivity contribution in [2.24, 2.45) is 0 Å². The van der Waals surface area contributed by atoms with Crippen molar-refractivity contribution < 1.29 is 14.6 Å². The zero-order valence-corrected chi connectivity index (χ0v) is 9.41. The quantitative estimate of drug-likeness (QED) is 0.735. The molecule has 0 radical (unpaired) electrons. The molecular formula is C10H13ClN2O3. The van der Waals surface area contributed by atoms with E-state index in [1.807, 2.05) is 0 Å². The zero-order chi connectivity index (χ0) is 11.8. The van der Waals surface area contributed by atoms with Crippen molar-refractivity contribution in [1.82, 2.24) is 4.98 Å². The second-order valence-electron chi connectivity index (χ2n) is 3.00. The number of anilines is 1. The zero-order valence-electron chi connectivity index (χ0n) is 8.65. The highest BCUT2D eigenvalue weighted by Gasteiger charge is 2.02. The van der Waals surface area contributed by atoms with Gasteiger partial charge < -0.3 is 15.2 Å². The molecule has 6 heteroatoms. The maximum atomic E-state index is 11.3. The average molecular weight is 245 g/mol. The molecule has 1 aromatic heterocycles. The van der Waals surface area contributed by atoms with Gasteiger partial charge in [-0.15, -0.1) is 0 Å². The fourth-order valence-corrected chi connectivity index (χ4v) is 1.10. The third-order valence-corrected chi connectivity index (χ3v) is 1.93. The summed E-state index contributed by atoms with van der Waals surface area (Å²) in [5.74, 6) is 0.268. The highest BCUT2D eigenvalue weighted by Crippen LogP contribution is 2.09. The number of aliphatic hydroxyl groups excluding tert-OH is 1. The van der Waals surface area contributed by atoms with Crippen molar-refractivity contribution in [3.05, 3.63) is 23.4 Å². The third kappa shape index (κ3) is 5.06. The second-order valence-corrected chi connectivity index (χ2v) is 3.43. The number of hydrogen-bond acceptors (Lipinski definition) is 4. The second kappa shape index (κ2) is 7.16. The normalized spacial score (nSPS) is 10.1. The van der Waals surface area contributed by atoms with Gasteiger partial charge in [-0.2, -0.15) is 0 Å². The van der Waals surface area contributed by atoms with E-state index in [2.05, 4.69) is 10.3 Å². The minimum Gasteiger partial charge on any atom is -0.394 e. The van der Waals surface area contributed by atoms with E-state index < -0.39 is 0 Å². The highest BCUT2D eigenvalue weighted by molar-refractivity contribution is 6.30. The summed E-state index contributed by atoms with van der Waals surface area (Å²) in [7, 11) is 0. The third-order valence-electron chi connectivity index (χ3n) is 1.70. The molecule has 0 fully saturated rings. The Kier molecular flexibility index (Phi) is 5.77. The summed E-state index contributed by atoms with van der Waals surface area (Å²) in [6, 6.07) is 3.27. The molecule has 2 N–H and O–H groups in total. The fourth-order valence-electron chi connectivity index (χ4n) is 0.987. The first-order valence-electron chi connectivity index (χ1n) is 4.82. The van der Waals surface area contributed by atoms with Gasteiger partial charge >= 0.3 is 0 Å². The van der Waals surface area contributed by atoms with Crippen molar-refractivity contribution in [2.45, 2.75) is 6.42 Å². The van der Waals surface area contributed by atoms with Crippen molar-refractivity contribution >= 4 is 23.3 Å². The lowest BCUT2D eigenvalue weighted by Gasteiger charge is -2.04. The molecule has 1 amide bonds. The van der Waals surface area contributed by atoms with E-state index in [0.29, 0.717) is 10.8 Å². The Morgan fingerprint density at radius 1 is 1.50 bits per heavy atom. The molecule has 0 bridgehead atoms. The van der Waals surface area contributed by atoms with Crippen LogP contribution < -0.4 is 5.32 Å². The average Bonchev–Trinajstić information content (AvgIpc) is 2.28. The van der Waals surface area contributed by atoms with Gasteiger partial charge in [0.1, 0.15) is 5.82 Å². The molecule has 16 heavy (non-hydrogen) atoms. The number of carbonyl (C=O) groups is 1. The van der Waals surface area contributed by atoms with Crippen molar-refractivity contribution in [1.29, 1.82) is 0 Å². The van der Waals surface area contributed by atoms with E-state index in [0.717, 1.165) is 0 Å². The first-order chi connectivity index (χ1) is 7.72. The molecule has 0 atom stereocenters. The Morgan fingerprint density at radius 3 is 2.94 bits per heavy atom. The lowest BCUT2D eigenvalue weighted by molar-refractivity contribution is -0.117. The van der Waals surface area contributed by atoms with Crippen LogP contribution in [0.2, 0.25) is 5.02 Å². The van der Waals surface area contributed by atoms with Gasteiger partial charge in [0.25, 0.3) is 0 Å². The minimum atomic E-state index is -0.187. The van der Waals surface area contributed by atoms with Gasteiger partial charge in [0.05, 0.1) is 31.3 Å². The summed E-state index contributed by atoms with van der Waals surface area (Å²) in [5.41, 5.74) is 0. The Morgan fingerprint density at radius 2 is 2.31 bits per heavy atom. The molecule has 5 nitrogen and oxygen atoms in total. The van der Waals surface area contributed by atoms with Crippen molar-refractivity contribution in [3.8, 4) is 0 Å². The topological polar surface area (TPSA) is 71.5 Å². The Bertz CT molecular complexity index is 329. The fraction of sp³-hybridized carbons (Fsp3) is 0.400. The number of aromatic nitrogens is 1. The molecule has 0 aliphatic carbocycles. The largest absolute Gasteiger partial charge is 0.394 e. The summed E-state index contributed by atoms with van der Waals surface area (Å²) in [6.07, 6.45) is 1.68. The molecule has 0 spiro atoms. The minimum absolute atomic E-state index is 0.0413. The number of ether oxygens (including phenoxy) is 1. The molecule has 0 aliphatic rings. The molecule has 1 rings (SSSR count). The number of rotatable bonds is 6. The summed E-state index contributed by atoms with van der Waals surface area (Å²) >= 11 is 5.65. The maximum absolute atomic E-state index is 11.3. The molecule has 0 aliphatic heterocycles. The Labute approximate surface area is 98.4 Å². The predicted molar refractivity (Wildman–Crippen MR) is 60.4 cm³/mol. The molecule has 88 valence electrons. The summed E-state index contributed by atoms with van der Waals surface area (Å²) < 4.78 is 4.96. The van der Waals surface area contributed by atoms with Crippen LogP contribution in [0.4, 0.5) is 5.82 Å². The van der Waals surface area contributed by atoms with Gasteiger partial charge in [-0.05, 0) is 12.1 Å². The van der Waals surface area contributed by atoms with Crippen molar-refractivity contribution in [3.63, 3.8) is 0 Å². The Hall–Kier alpha value is -1.17. The standard InChI is InChI=1S/C10H13ClN2O3/c11-8-1-2-9(12-7-8)13-10(15)3-5-16-6-4-14/h1-2,7,14H,3-6H2,(H,12,13,15). The van der Waals surface area contributed by atoms with Crippen LogP contribution in [0.15, 0.2) is 18.3 Å². The van der Waals surface area contributed by atoms with Crippen molar-refractivity contribution in [2.75, 3.05) is 25.1 Å². The monoisotopic (exact) mass is 244 g/mol. The Balaban J connectivity index is 2.26. The molecule has 0 aromatic carbocycles. The van der Waals surface area contributed by atoms with Crippen LogP contribution in [-0.2, 0) is 9.53 Å². The van der Waals surface area contributed by atoms with E-state index in [9.17, 15) is 4.79 Å². The summed E-state index contributed by atoms with van der Waals surface area (Å²) in [4.78, 5) is 15.3. The molecule has 0 unspecified atom stereocenters. The van der Waals surface area contributed by atoms with Gasteiger partial charge in [-0.25, -0.2) is 4.98 Å². The van der Waals surface area contributed by atoms with Crippen LogP contribution in [0, 0.1) is 0 Å². The van der Waals surface area contributed by atoms with E-state index in [-0.39, 0.29) is 32.1 Å². The van der Waals surface area contributed by atoms with Gasteiger partial charge in [0.15, 0.2) is 0 Å². The predicted octanol–water partition coefficient (Wildman–Crippen LogP) is 1.07. The van der Waals surface area contributed by atoms with E-state index in [1.165, 1.54) is 6.20 Å². The van der Waals surface area contributed by atoms with E-state index >= 15 is 0 Å². The summed E-state index contributed by atoms with van der Waals surface area (Å²) in [5, 5.41) is 11.6. The van der Waals surface area contributed by atoms with Crippen LogP contribution in [-0.4, -0.2) is 35.8 Å². The van der Waals surface area contributed by atoms with Crippen LogP contribution >= 0.6 is 11.6 Å². The lowest BCUT2D eigenvalue weighted by atomic mass is 10.4. The number of amides is 1. The first-order valence-corrected chi connectivity index (χ1v) is 5.20. The highest BCUT2D eigenvalue weighted by atomic mass is 35.5. The number of carbonyl (C=O) groups excluding carboxylic acids is 1. The van der Waals surface area contributed by atoms with E-state index in [1.54, 1.807) is 12.1 Å². The molecule has 1 aromatic rings. The SMILES string of the molecule is O=C(CCOCCO)Nc1ccc(Cl)cn1. The maximum Gasteiger partial charge on any atom is 0.227 e. The molecule has 1 heterocycles. The van der Waals surface area contributed by atoms with Gasteiger partial charge in [0.2, 0.25) is 5.91 Å². The van der Waals surface area contributed by atoms with E-state index in [4.69, 9.17) is 21.4 Å². The number of pyridine rings is 1. The number of nitrogens with zero attached hydrogens (tertiary/aromatic N) is 1. The number of halogens is 1. The van der Waals surface area contributed by atoms with Gasteiger partial charge in [-0.3, -0.25) is 4.79 Å². The van der Waals surface area contributed by atoms with Gasteiger partial charge in [-0.1, -0.05) is 11.6 Å². The first kappa shape index (κ1) is 12.9. The molecule has 0 saturated heterocycles. The molecular weight excluding hydrogens is 232 g/mol. The lowest BCUT2D eigenvalue weighted by Crippen LogP contribution is -2.15. The number of nitrogens with one attached hydrogen (secondary N) is 1. The van der Waals surface area contributed by atoms with Crippen LogP contribution in [0.3, 0.4) is 0 Å². The number of hydrogen-bond donors (Lipinski definition) is 2. The molecule has 0 saturated carbocycles. The van der Waals surface area contributed by atoms with Crippen LogP contribution in [0.1, 0.15) is 6.42 Å². The summed E-state index contributed by atoms with van der Waals surface area (Å²) in [6.45, 7) is 0.479. The van der Waals surface area contributed by atoms with Crippen LogP contribution in [0.5, 0.6) is 0 Å². The smallest absolute Gasteiger partial charge is 0.227 e. The van der Waals surface area contributed by atoms with Crippen LogP contribution in [0.25, 0.3) is 0 Å². The van der Waals surface area contributed by atoms with Gasteiger partial charge in [0, 0.05) is 6.20 Å². The number of aliphatic hydroxyl groups is 1.